The maximum absolute atomic E-state index is 12.8. The third-order valence-corrected chi connectivity index (χ3v) is 4.81. The summed E-state index contributed by atoms with van der Waals surface area (Å²) in [7, 11) is 1.42. The van der Waals surface area contributed by atoms with Crippen LogP contribution in [0.15, 0.2) is 39.1 Å². The maximum atomic E-state index is 12.8. The Labute approximate surface area is 172 Å². The predicted molar refractivity (Wildman–Crippen MR) is 107 cm³/mol. The quantitative estimate of drug-likeness (QED) is 0.636. The Kier molecular flexibility index (Phi) is 7.12. The number of esters is 2. The number of ether oxygens (including phenoxy) is 3. The summed E-state index contributed by atoms with van der Waals surface area (Å²) in [5, 5.41) is 13.8. The molecule has 152 valence electrons. The zero-order valence-corrected chi connectivity index (χ0v) is 18.1. The summed E-state index contributed by atoms with van der Waals surface area (Å²) >= 11 is 3.39. The number of allylic oxidation sites excluding steroid dienone is 2. The Hall–Kier alpha value is -2.48. The van der Waals surface area contributed by atoms with Gasteiger partial charge in [-0.25, -0.2) is 9.59 Å². The van der Waals surface area contributed by atoms with E-state index in [1.165, 1.54) is 7.11 Å². The zero-order chi connectivity index (χ0) is 21.0. The van der Waals surface area contributed by atoms with E-state index in [1.807, 2.05) is 0 Å². The molecule has 0 fully saturated rings. The number of phenolic OH excluding ortho intramolecular Hbond substituents is 1. The van der Waals surface area contributed by atoms with Crippen LogP contribution < -0.4 is 10.1 Å². The molecule has 1 aromatic rings. The van der Waals surface area contributed by atoms with Gasteiger partial charge in [-0.3, -0.25) is 0 Å². The number of dihydropyridines is 1. The minimum Gasteiger partial charge on any atom is -0.504 e. The van der Waals surface area contributed by atoms with Crippen molar-refractivity contribution in [2.45, 2.75) is 33.6 Å². The van der Waals surface area contributed by atoms with E-state index in [1.54, 1.807) is 39.8 Å². The first-order chi connectivity index (χ1) is 13.3. The van der Waals surface area contributed by atoms with Crippen molar-refractivity contribution in [2.75, 3.05) is 20.3 Å². The number of phenols is 1. The number of methoxy groups -OCH3 is 1. The molecule has 0 aliphatic carbocycles. The van der Waals surface area contributed by atoms with Crippen molar-refractivity contribution in [3.05, 3.63) is 44.7 Å². The van der Waals surface area contributed by atoms with Gasteiger partial charge in [-0.15, -0.1) is 0 Å². The van der Waals surface area contributed by atoms with Gasteiger partial charge in [-0.1, -0.05) is 15.9 Å². The van der Waals surface area contributed by atoms with Gasteiger partial charge in [0.1, 0.15) is 0 Å². The van der Waals surface area contributed by atoms with E-state index in [-0.39, 0.29) is 35.9 Å². The SMILES string of the molecule is CCOC(=O)C1=C(C)NC(C)=C(C(=O)OCC)C1c1cc(Br)cc(OC)c1O. The van der Waals surface area contributed by atoms with Crippen molar-refractivity contribution in [3.8, 4) is 11.5 Å². The summed E-state index contributed by atoms with van der Waals surface area (Å²) < 4.78 is 16.3. The van der Waals surface area contributed by atoms with Crippen molar-refractivity contribution >= 4 is 27.9 Å². The van der Waals surface area contributed by atoms with E-state index >= 15 is 0 Å². The van der Waals surface area contributed by atoms with E-state index in [2.05, 4.69) is 21.2 Å². The number of carbonyl (C=O) groups is 2. The van der Waals surface area contributed by atoms with Crippen molar-refractivity contribution in [1.82, 2.24) is 5.32 Å². The maximum Gasteiger partial charge on any atom is 0.336 e. The van der Waals surface area contributed by atoms with E-state index < -0.39 is 17.9 Å². The van der Waals surface area contributed by atoms with Gasteiger partial charge in [0.25, 0.3) is 0 Å². The number of hydrogen-bond donors (Lipinski definition) is 2. The van der Waals surface area contributed by atoms with E-state index in [0.717, 1.165) is 0 Å². The minimum absolute atomic E-state index is 0.165. The molecule has 8 heteroatoms. The molecular weight excluding hydrogens is 430 g/mol. The molecule has 1 aromatic carbocycles. The fourth-order valence-corrected chi connectivity index (χ4v) is 3.69. The number of rotatable bonds is 6. The molecule has 0 amide bonds. The van der Waals surface area contributed by atoms with Crippen molar-refractivity contribution in [3.63, 3.8) is 0 Å². The Balaban J connectivity index is 2.79. The largest absolute Gasteiger partial charge is 0.504 e. The van der Waals surface area contributed by atoms with Crippen LogP contribution in [0.5, 0.6) is 11.5 Å². The summed E-state index contributed by atoms with van der Waals surface area (Å²) in [5.74, 6) is -1.99. The first kappa shape index (κ1) is 21.8. The summed E-state index contributed by atoms with van der Waals surface area (Å²) in [4.78, 5) is 25.5. The number of hydrogen-bond acceptors (Lipinski definition) is 7. The van der Waals surface area contributed by atoms with Crippen LogP contribution in [0.4, 0.5) is 0 Å². The standard InChI is InChI=1S/C20H24BrNO6/c1-6-27-19(24)15-10(3)22-11(4)16(20(25)28-7-2)17(15)13-8-12(21)9-14(26-5)18(13)23/h8-9,17,22-23H,6-7H2,1-5H3. The highest BCUT2D eigenvalue weighted by Gasteiger charge is 2.39. The summed E-state index contributed by atoms with van der Waals surface area (Å²) in [6.07, 6.45) is 0. The van der Waals surface area contributed by atoms with Gasteiger partial charge in [-0.2, -0.15) is 0 Å². The molecule has 0 bridgehead atoms. The first-order valence-corrected chi connectivity index (χ1v) is 9.65. The van der Waals surface area contributed by atoms with Gasteiger partial charge in [0, 0.05) is 21.4 Å². The van der Waals surface area contributed by atoms with Crippen molar-refractivity contribution in [2.24, 2.45) is 0 Å². The summed E-state index contributed by atoms with van der Waals surface area (Å²) in [6.45, 7) is 7.19. The summed E-state index contributed by atoms with van der Waals surface area (Å²) in [6, 6.07) is 3.24. The highest BCUT2D eigenvalue weighted by Crippen LogP contribution is 2.46. The fraction of sp³-hybridized carbons (Fsp3) is 0.400. The van der Waals surface area contributed by atoms with Crippen LogP contribution in [0.3, 0.4) is 0 Å². The fourth-order valence-electron chi connectivity index (χ4n) is 3.23. The van der Waals surface area contributed by atoms with Crippen LogP contribution >= 0.6 is 15.9 Å². The Morgan fingerprint density at radius 1 is 1.07 bits per heavy atom. The number of nitrogens with one attached hydrogen (secondary N) is 1. The zero-order valence-electron chi connectivity index (χ0n) is 16.5. The van der Waals surface area contributed by atoms with Crippen LogP contribution in [0.1, 0.15) is 39.2 Å². The van der Waals surface area contributed by atoms with Gasteiger partial charge >= 0.3 is 11.9 Å². The Morgan fingerprint density at radius 3 is 2.00 bits per heavy atom. The average molecular weight is 454 g/mol. The van der Waals surface area contributed by atoms with E-state index in [4.69, 9.17) is 14.2 Å². The predicted octanol–water partition coefficient (Wildman–Crippen LogP) is 3.52. The molecule has 2 rings (SSSR count). The van der Waals surface area contributed by atoms with Gasteiger partial charge < -0.3 is 24.6 Å². The lowest BCUT2D eigenvalue weighted by Gasteiger charge is -2.31. The second kappa shape index (κ2) is 9.14. The molecule has 0 aromatic heterocycles. The number of halogens is 1. The second-order valence-corrected chi connectivity index (χ2v) is 7.04. The van der Waals surface area contributed by atoms with Crippen LogP contribution in [0.25, 0.3) is 0 Å². The summed E-state index contributed by atoms with van der Waals surface area (Å²) in [5.41, 5.74) is 1.86. The lowest BCUT2D eigenvalue weighted by molar-refractivity contribution is -0.139. The highest BCUT2D eigenvalue weighted by atomic mass is 79.9. The molecular formula is C20H24BrNO6. The molecule has 1 heterocycles. The monoisotopic (exact) mass is 453 g/mol. The van der Waals surface area contributed by atoms with Crippen molar-refractivity contribution in [1.29, 1.82) is 0 Å². The molecule has 2 N–H and O–H groups in total. The van der Waals surface area contributed by atoms with E-state index in [0.29, 0.717) is 21.4 Å². The van der Waals surface area contributed by atoms with Gasteiger partial charge in [0.2, 0.25) is 0 Å². The highest BCUT2D eigenvalue weighted by molar-refractivity contribution is 9.10. The van der Waals surface area contributed by atoms with Crippen LogP contribution in [0, 0.1) is 0 Å². The molecule has 0 saturated carbocycles. The van der Waals surface area contributed by atoms with Crippen molar-refractivity contribution < 1.29 is 28.9 Å². The minimum atomic E-state index is -0.884. The molecule has 0 atom stereocenters. The normalized spacial score (nSPS) is 14.6. The molecule has 7 nitrogen and oxygen atoms in total. The van der Waals surface area contributed by atoms with Gasteiger partial charge in [0.05, 0.1) is 37.4 Å². The van der Waals surface area contributed by atoms with Crippen LogP contribution in [0.2, 0.25) is 0 Å². The molecule has 0 radical (unpaired) electrons. The molecule has 1 aliphatic heterocycles. The topological polar surface area (TPSA) is 94.1 Å². The molecule has 0 saturated heterocycles. The lowest BCUT2D eigenvalue weighted by atomic mass is 9.80. The van der Waals surface area contributed by atoms with E-state index in [9.17, 15) is 14.7 Å². The number of aromatic hydroxyl groups is 1. The van der Waals surface area contributed by atoms with Crippen LogP contribution in [-0.4, -0.2) is 37.4 Å². The smallest absolute Gasteiger partial charge is 0.336 e. The van der Waals surface area contributed by atoms with Gasteiger partial charge in [0.15, 0.2) is 11.5 Å². The van der Waals surface area contributed by atoms with Crippen LogP contribution in [-0.2, 0) is 19.1 Å². The molecule has 1 aliphatic rings. The molecule has 28 heavy (non-hydrogen) atoms. The third-order valence-electron chi connectivity index (χ3n) is 4.35. The van der Waals surface area contributed by atoms with Gasteiger partial charge in [-0.05, 0) is 39.8 Å². The Morgan fingerprint density at radius 2 is 1.57 bits per heavy atom. The second-order valence-electron chi connectivity index (χ2n) is 6.12. The average Bonchev–Trinajstić information content (AvgIpc) is 2.62. The Bertz CT molecular complexity index is 818. The molecule has 0 unspecified atom stereocenters. The molecule has 0 spiro atoms. The lowest BCUT2D eigenvalue weighted by Crippen LogP contribution is -2.32. The number of benzene rings is 1. The first-order valence-electron chi connectivity index (χ1n) is 8.85. The number of carbonyl (C=O) groups excluding carboxylic acids is 2. The third kappa shape index (κ3) is 4.16.